The Balaban J connectivity index is 1.88. The van der Waals surface area contributed by atoms with Crippen LogP contribution in [0, 0.1) is 6.57 Å². The Hall–Kier alpha value is -2.45. The zero-order chi connectivity index (χ0) is 13.8. The molecule has 0 atom stereocenters. The van der Waals surface area contributed by atoms with Crippen LogP contribution in [0.3, 0.4) is 0 Å². The van der Waals surface area contributed by atoms with Gasteiger partial charge < -0.3 is 15.1 Å². The number of nitrogens with one attached hydrogen (secondary N) is 1. The van der Waals surface area contributed by atoms with E-state index < -0.39 is 0 Å². The number of nitrogens with zero attached hydrogens (tertiary/aromatic N) is 4. The fourth-order valence-electron chi connectivity index (χ4n) is 2.30. The number of anilines is 1. The first-order valence-electron chi connectivity index (χ1n) is 6.61. The normalized spacial score (nSPS) is 14.8. The summed E-state index contributed by atoms with van der Waals surface area (Å²) >= 11 is 0. The number of aromatic nitrogens is 2. The Kier molecular flexibility index (Phi) is 3.57. The lowest BCUT2D eigenvalue weighted by Gasteiger charge is -2.29. The van der Waals surface area contributed by atoms with Gasteiger partial charge in [-0.25, -0.2) is 0 Å². The van der Waals surface area contributed by atoms with E-state index in [1.165, 1.54) is 0 Å². The molecule has 3 heterocycles. The summed E-state index contributed by atoms with van der Waals surface area (Å²) in [7, 11) is 0. The van der Waals surface area contributed by atoms with E-state index in [-0.39, 0.29) is 0 Å². The molecule has 0 unspecified atom stereocenters. The van der Waals surface area contributed by atoms with Crippen molar-refractivity contribution in [1.82, 2.24) is 15.3 Å². The number of pyridine rings is 2. The molecule has 1 saturated heterocycles. The van der Waals surface area contributed by atoms with Gasteiger partial charge in [0.15, 0.2) is 0 Å². The largest absolute Gasteiger partial charge is 0.368 e. The Labute approximate surface area is 118 Å². The fraction of sp³-hybridized carbons (Fsp3) is 0.267. The monoisotopic (exact) mass is 265 g/mol. The van der Waals surface area contributed by atoms with Gasteiger partial charge in [0.1, 0.15) is 6.20 Å². The third-order valence-electron chi connectivity index (χ3n) is 3.40. The molecule has 100 valence electrons. The van der Waals surface area contributed by atoms with Gasteiger partial charge in [0, 0.05) is 43.5 Å². The highest BCUT2D eigenvalue weighted by Crippen LogP contribution is 2.24. The first kappa shape index (κ1) is 12.6. The maximum absolute atomic E-state index is 6.92. The Bertz CT molecular complexity index is 623. The van der Waals surface area contributed by atoms with Crippen LogP contribution in [0.25, 0.3) is 16.0 Å². The summed E-state index contributed by atoms with van der Waals surface area (Å²) in [6, 6.07) is 5.78. The molecule has 1 aliphatic heterocycles. The van der Waals surface area contributed by atoms with Gasteiger partial charge >= 0.3 is 0 Å². The molecule has 5 nitrogen and oxygen atoms in total. The molecule has 1 aliphatic rings. The first-order valence-corrected chi connectivity index (χ1v) is 6.61. The number of hydrogen-bond donors (Lipinski definition) is 1. The van der Waals surface area contributed by atoms with Crippen molar-refractivity contribution in [3.63, 3.8) is 0 Å². The van der Waals surface area contributed by atoms with Crippen molar-refractivity contribution in [2.75, 3.05) is 31.1 Å². The second kappa shape index (κ2) is 5.68. The van der Waals surface area contributed by atoms with Crippen LogP contribution in [0.5, 0.6) is 0 Å². The molecule has 0 saturated carbocycles. The average molecular weight is 265 g/mol. The maximum atomic E-state index is 6.92. The van der Waals surface area contributed by atoms with Crippen LogP contribution in [-0.4, -0.2) is 36.1 Å². The highest BCUT2D eigenvalue weighted by molar-refractivity contribution is 5.67. The Morgan fingerprint density at radius 2 is 1.95 bits per heavy atom. The third-order valence-corrected chi connectivity index (χ3v) is 3.40. The predicted molar refractivity (Wildman–Crippen MR) is 78.8 cm³/mol. The second-order valence-electron chi connectivity index (χ2n) is 4.69. The number of rotatable bonds is 2. The van der Waals surface area contributed by atoms with Gasteiger partial charge in [-0.3, -0.25) is 4.98 Å². The van der Waals surface area contributed by atoms with Gasteiger partial charge in [-0.2, -0.15) is 0 Å². The van der Waals surface area contributed by atoms with Gasteiger partial charge in [-0.1, -0.05) is 12.6 Å². The minimum atomic E-state index is 0.417. The van der Waals surface area contributed by atoms with Crippen molar-refractivity contribution >= 4 is 11.5 Å². The van der Waals surface area contributed by atoms with Crippen LogP contribution in [-0.2, 0) is 0 Å². The van der Waals surface area contributed by atoms with Crippen LogP contribution in [0.1, 0.15) is 0 Å². The molecule has 0 aliphatic carbocycles. The minimum Gasteiger partial charge on any atom is -0.368 e. The van der Waals surface area contributed by atoms with E-state index >= 15 is 0 Å². The topological polar surface area (TPSA) is 45.4 Å². The summed E-state index contributed by atoms with van der Waals surface area (Å²) in [6.45, 7) is 10.9. The van der Waals surface area contributed by atoms with Gasteiger partial charge in [-0.15, -0.1) is 4.98 Å². The summed E-state index contributed by atoms with van der Waals surface area (Å²) in [5.41, 5.74) is 3.16. The van der Waals surface area contributed by atoms with Crippen molar-refractivity contribution in [3.8, 4) is 11.1 Å². The molecule has 1 fully saturated rings. The lowest BCUT2D eigenvalue weighted by molar-refractivity contribution is 0.589. The first-order chi connectivity index (χ1) is 9.86. The highest BCUT2D eigenvalue weighted by atomic mass is 15.2. The maximum Gasteiger partial charge on any atom is 0.269 e. The number of piperazine rings is 1. The van der Waals surface area contributed by atoms with Crippen LogP contribution >= 0.6 is 0 Å². The molecule has 0 amide bonds. The van der Waals surface area contributed by atoms with Gasteiger partial charge in [0.25, 0.3) is 5.82 Å². The summed E-state index contributed by atoms with van der Waals surface area (Å²) in [6.07, 6.45) is 5.46. The molecule has 0 aromatic carbocycles. The zero-order valence-electron chi connectivity index (χ0n) is 11.1. The van der Waals surface area contributed by atoms with Crippen molar-refractivity contribution in [2.45, 2.75) is 0 Å². The molecule has 0 bridgehead atoms. The lowest BCUT2D eigenvalue weighted by atomic mass is 10.1. The highest BCUT2D eigenvalue weighted by Gasteiger charge is 2.11. The lowest BCUT2D eigenvalue weighted by Crippen LogP contribution is -2.43. The van der Waals surface area contributed by atoms with E-state index in [1.807, 2.05) is 18.5 Å². The van der Waals surface area contributed by atoms with Crippen LogP contribution in [0.2, 0.25) is 0 Å². The van der Waals surface area contributed by atoms with E-state index in [4.69, 9.17) is 6.57 Å². The molecule has 1 N–H and O–H groups in total. The van der Waals surface area contributed by atoms with Crippen molar-refractivity contribution in [2.24, 2.45) is 0 Å². The standard InChI is InChI=1S/C15H15N5/c1-16-15-3-2-12(10-19-15)13-8-14(11-18-9-13)20-6-4-17-5-7-20/h2-3,8-11,17H,4-7H2. The molecule has 20 heavy (non-hydrogen) atoms. The van der Waals surface area contributed by atoms with Crippen molar-refractivity contribution < 1.29 is 0 Å². The number of hydrogen-bond acceptors (Lipinski definition) is 4. The van der Waals surface area contributed by atoms with E-state index in [0.29, 0.717) is 5.82 Å². The average Bonchev–Trinajstić information content (AvgIpc) is 2.56. The molecule has 3 rings (SSSR count). The second-order valence-corrected chi connectivity index (χ2v) is 4.69. The minimum absolute atomic E-state index is 0.417. The fourth-order valence-corrected chi connectivity index (χ4v) is 2.30. The summed E-state index contributed by atoms with van der Waals surface area (Å²) in [4.78, 5) is 14.1. The van der Waals surface area contributed by atoms with Gasteiger partial charge in [-0.05, 0) is 12.1 Å². The van der Waals surface area contributed by atoms with Crippen LogP contribution in [0.4, 0.5) is 11.5 Å². The predicted octanol–water partition coefficient (Wildman–Crippen LogP) is 2.10. The molecular formula is C15H15N5. The van der Waals surface area contributed by atoms with Crippen molar-refractivity contribution in [3.05, 3.63) is 48.2 Å². The van der Waals surface area contributed by atoms with E-state index in [1.54, 1.807) is 12.3 Å². The van der Waals surface area contributed by atoms with Crippen molar-refractivity contribution in [1.29, 1.82) is 0 Å². The SMILES string of the molecule is [C-]#[N+]c1ccc(-c2cncc(N3CCNCC3)c2)cn1. The van der Waals surface area contributed by atoms with E-state index in [9.17, 15) is 0 Å². The van der Waals surface area contributed by atoms with E-state index in [2.05, 4.69) is 31.1 Å². The summed E-state index contributed by atoms with van der Waals surface area (Å²) in [5.74, 6) is 0.417. The molecule has 5 heteroatoms. The molecule has 0 radical (unpaired) electrons. The smallest absolute Gasteiger partial charge is 0.269 e. The van der Waals surface area contributed by atoms with Crippen LogP contribution < -0.4 is 10.2 Å². The summed E-state index contributed by atoms with van der Waals surface area (Å²) in [5, 5.41) is 3.34. The van der Waals surface area contributed by atoms with E-state index in [0.717, 1.165) is 43.0 Å². The molecule has 2 aromatic heterocycles. The Morgan fingerprint density at radius 1 is 1.10 bits per heavy atom. The van der Waals surface area contributed by atoms with Gasteiger partial charge in [0.05, 0.1) is 11.9 Å². The van der Waals surface area contributed by atoms with Gasteiger partial charge in [0.2, 0.25) is 0 Å². The zero-order valence-corrected chi connectivity index (χ0v) is 11.1. The molecule has 2 aromatic rings. The van der Waals surface area contributed by atoms with Crippen LogP contribution in [0.15, 0.2) is 36.8 Å². The molecular weight excluding hydrogens is 250 g/mol. The quantitative estimate of drug-likeness (QED) is 0.845. The molecule has 0 spiro atoms. The third kappa shape index (κ3) is 2.60. The Morgan fingerprint density at radius 3 is 2.65 bits per heavy atom. The summed E-state index contributed by atoms with van der Waals surface area (Å²) < 4.78 is 0.